The van der Waals surface area contributed by atoms with E-state index in [1.165, 1.54) is 0 Å². The molecule has 29 heavy (non-hydrogen) atoms. The lowest BCUT2D eigenvalue weighted by Crippen LogP contribution is -2.29. The Morgan fingerprint density at radius 3 is 2.62 bits per heavy atom. The lowest BCUT2D eigenvalue weighted by atomic mass is 10.1. The van der Waals surface area contributed by atoms with E-state index in [0.29, 0.717) is 30.9 Å². The van der Waals surface area contributed by atoms with E-state index in [9.17, 15) is 14.4 Å². The van der Waals surface area contributed by atoms with Gasteiger partial charge in [0.25, 0.3) is 0 Å². The molecule has 0 radical (unpaired) electrons. The fraction of sp³-hybridized carbons (Fsp3) is 0.318. The normalized spacial score (nSPS) is 19.2. The molecule has 2 aromatic rings. The minimum Gasteiger partial charge on any atom is -0.324 e. The van der Waals surface area contributed by atoms with Crippen molar-refractivity contribution in [1.82, 2.24) is 0 Å². The Bertz CT molecular complexity index is 991. The molecule has 2 fully saturated rings. The zero-order valence-electron chi connectivity index (χ0n) is 16.2. The quantitative estimate of drug-likeness (QED) is 0.760. The summed E-state index contributed by atoms with van der Waals surface area (Å²) in [5.41, 5.74) is 3.16. The number of amides is 3. The molecule has 1 N–H and O–H groups in total. The zero-order chi connectivity index (χ0) is 20.5. The topological polar surface area (TPSA) is 69.7 Å². The molecule has 0 bridgehead atoms. The predicted octanol–water partition coefficient (Wildman–Crippen LogP) is 3.88. The highest BCUT2D eigenvalue weighted by Crippen LogP contribution is 2.32. The molecule has 2 aliphatic rings. The zero-order valence-corrected chi connectivity index (χ0v) is 17.7. The number of anilines is 3. The molecule has 6 nitrogen and oxygen atoms in total. The summed E-state index contributed by atoms with van der Waals surface area (Å²) < 4.78 is 0.982. The van der Waals surface area contributed by atoms with Crippen molar-refractivity contribution in [2.24, 2.45) is 5.92 Å². The molecule has 3 amide bonds. The largest absolute Gasteiger partial charge is 0.324 e. The Morgan fingerprint density at radius 2 is 1.90 bits per heavy atom. The fourth-order valence-electron chi connectivity index (χ4n) is 3.88. The van der Waals surface area contributed by atoms with Crippen LogP contribution in [0.4, 0.5) is 17.1 Å². The lowest BCUT2D eigenvalue weighted by Gasteiger charge is -2.21. The van der Waals surface area contributed by atoms with Crippen molar-refractivity contribution >= 4 is 50.7 Å². The monoisotopic (exact) mass is 455 g/mol. The van der Waals surface area contributed by atoms with Crippen LogP contribution in [0.15, 0.2) is 46.9 Å². The van der Waals surface area contributed by atoms with Crippen LogP contribution in [0.2, 0.25) is 0 Å². The van der Waals surface area contributed by atoms with Gasteiger partial charge in [0.1, 0.15) is 0 Å². The van der Waals surface area contributed by atoms with Crippen LogP contribution in [0.5, 0.6) is 0 Å². The van der Waals surface area contributed by atoms with E-state index in [1.54, 1.807) is 15.9 Å². The summed E-state index contributed by atoms with van der Waals surface area (Å²) in [7, 11) is 0. The van der Waals surface area contributed by atoms with Crippen molar-refractivity contribution in [3.05, 3.63) is 52.5 Å². The number of benzene rings is 2. The van der Waals surface area contributed by atoms with Gasteiger partial charge in [-0.05, 0) is 49.2 Å². The van der Waals surface area contributed by atoms with Crippen molar-refractivity contribution in [3.63, 3.8) is 0 Å². The summed E-state index contributed by atoms with van der Waals surface area (Å²) in [6.45, 7) is 2.97. The van der Waals surface area contributed by atoms with Crippen molar-refractivity contribution in [1.29, 1.82) is 0 Å². The molecular formula is C22H22BrN3O3. The smallest absolute Gasteiger partial charge is 0.229 e. The van der Waals surface area contributed by atoms with E-state index in [-0.39, 0.29) is 24.1 Å². The maximum atomic E-state index is 12.9. The van der Waals surface area contributed by atoms with Gasteiger partial charge in [-0.1, -0.05) is 28.1 Å². The third-order valence-electron chi connectivity index (χ3n) is 5.48. The van der Waals surface area contributed by atoms with Gasteiger partial charge in [-0.25, -0.2) is 0 Å². The maximum absolute atomic E-state index is 12.9. The maximum Gasteiger partial charge on any atom is 0.229 e. The Balaban J connectivity index is 1.49. The Hall–Kier alpha value is -2.67. The number of carbonyl (C=O) groups excluding carboxylic acids is 3. The van der Waals surface area contributed by atoms with Crippen LogP contribution in [0.25, 0.3) is 0 Å². The third kappa shape index (κ3) is 3.92. The molecule has 4 rings (SSSR count). The number of para-hydroxylation sites is 2. The van der Waals surface area contributed by atoms with E-state index in [0.717, 1.165) is 22.1 Å². The van der Waals surface area contributed by atoms with Gasteiger partial charge in [0, 0.05) is 36.1 Å². The number of halogens is 1. The predicted molar refractivity (Wildman–Crippen MR) is 116 cm³/mol. The standard InChI is InChI=1S/C22H22BrN3O3/c1-14-11-16(8-9-17(14)23)26-13-15(12-21(26)28)22(29)24-18-5-2-3-6-19(18)25-10-4-7-20(25)27/h2-3,5-6,8-9,11,15H,4,7,10,12-13H2,1H3,(H,24,29). The van der Waals surface area contributed by atoms with Gasteiger partial charge in [0.15, 0.2) is 0 Å². The minimum atomic E-state index is -0.436. The molecule has 2 aliphatic heterocycles. The fourth-order valence-corrected chi connectivity index (χ4v) is 4.13. The van der Waals surface area contributed by atoms with Gasteiger partial charge in [-0.2, -0.15) is 0 Å². The number of hydrogen-bond donors (Lipinski definition) is 1. The van der Waals surface area contributed by atoms with Crippen molar-refractivity contribution in [2.75, 3.05) is 28.2 Å². The Labute approximate surface area is 178 Å². The second-order valence-electron chi connectivity index (χ2n) is 7.49. The molecule has 0 aliphatic carbocycles. The van der Waals surface area contributed by atoms with Crippen LogP contribution in [0, 0.1) is 12.8 Å². The molecule has 150 valence electrons. The first-order valence-corrected chi connectivity index (χ1v) is 10.5. The van der Waals surface area contributed by atoms with Crippen molar-refractivity contribution < 1.29 is 14.4 Å². The lowest BCUT2D eigenvalue weighted by molar-refractivity contribution is -0.122. The number of aryl methyl sites for hydroxylation is 1. The molecule has 1 atom stereocenters. The van der Waals surface area contributed by atoms with Gasteiger partial charge in [0.2, 0.25) is 17.7 Å². The van der Waals surface area contributed by atoms with E-state index < -0.39 is 5.92 Å². The SMILES string of the molecule is Cc1cc(N2CC(C(=O)Nc3ccccc3N3CCCC3=O)CC2=O)ccc1Br. The van der Waals surface area contributed by atoms with Crippen molar-refractivity contribution in [3.8, 4) is 0 Å². The molecule has 7 heteroatoms. The molecule has 0 saturated carbocycles. The number of nitrogens with one attached hydrogen (secondary N) is 1. The van der Waals surface area contributed by atoms with Crippen LogP contribution in [-0.4, -0.2) is 30.8 Å². The summed E-state index contributed by atoms with van der Waals surface area (Å²) in [6.07, 6.45) is 1.52. The molecule has 2 aromatic carbocycles. The molecule has 0 spiro atoms. The molecular weight excluding hydrogens is 434 g/mol. The summed E-state index contributed by atoms with van der Waals surface area (Å²) >= 11 is 3.47. The number of nitrogens with zero attached hydrogens (tertiary/aromatic N) is 2. The van der Waals surface area contributed by atoms with Gasteiger partial charge in [-0.15, -0.1) is 0 Å². The van der Waals surface area contributed by atoms with Crippen LogP contribution in [0.3, 0.4) is 0 Å². The number of carbonyl (C=O) groups is 3. The van der Waals surface area contributed by atoms with E-state index in [2.05, 4.69) is 21.2 Å². The van der Waals surface area contributed by atoms with E-state index >= 15 is 0 Å². The average Bonchev–Trinajstić information content (AvgIpc) is 3.30. The Morgan fingerprint density at radius 1 is 1.10 bits per heavy atom. The minimum absolute atomic E-state index is 0.0603. The average molecular weight is 456 g/mol. The third-order valence-corrected chi connectivity index (χ3v) is 6.36. The highest BCUT2D eigenvalue weighted by molar-refractivity contribution is 9.10. The van der Waals surface area contributed by atoms with Crippen molar-refractivity contribution in [2.45, 2.75) is 26.2 Å². The van der Waals surface area contributed by atoms with Gasteiger partial charge < -0.3 is 15.1 Å². The second-order valence-corrected chi connectivity index (χ2v) is 8.35. The highest BCUT2D eigenvalue weighted by Gasteiger charge is 2.36. The van der Waals surface area contributed by atoms with Crippen LogP contribution >= 0.6 is 15.9 Å². The first-order valence-electron chi connectivity index (χ1n) is 9.71. The summed E-state index contributed by atoms with van der Waals surface area (Å²) in [6, 6.07) is 13.1. The van der Waals surface area contributed by atoms with E-state index in [4.69, 9.17) is 0 Å². The van der Waals surface area contributed by atoms with Gasteiger partial charge in [-0.3, -0.25) is 14.4 Å². The second kappa shape index (κ2) is 7.99. The van der Waals surface area contributed by atoms with Crippen LogP contribution < -0.4 is 15.1 Å². The van der Waals surface area contributed by atoms with Gasteiger partial charge in [0.05, 0.1) is 17.3 Å². The number of hydrogen-bond acceptors (Lipinski definition) is 3. The molecule has 0 aromatic heterocycles. The summed E-state index contributed by atoms with van der Waals surface area (Å²) in [5, 5.41) is 2.94. The van der Waals surface area contributed by atoms with Crippen LogP contribution in [0.1, 0.15) is 24.8 Å². The van der Waals surface area contributed by atoms with Gasteiger partial charge >= 0.3 is 0 Å². The number of rotatable bonds is 4. The highest BCUT2D eigenvalue weighted by atomic mass is 79.9. The Kier molecular flexibility index (Phi) is 5.41. The summed E-state index contributed by atoms with van der Waals surface area (Å²) in [4.78, 5) is 40.9. The molecule has 2 saturated heterocycles. The first-order chi connectivity index (χ1) is 13.9. The van der Waals surface area contributed by atoms with Crippen LogP contribution in [-0.2, 0) is 14.4 Å². The first kappa shape index (κ1) is 19.6. The molecule has 2 heterocycles. The molecule has 1 unspecified atom stereocenters. The summed E-state index contributed by atoms with van der Waals surface area (Å²) in [5.74, 6) is -0.628. The van der Waals surface area contributed by atoms with E-state index in [1.807, 2.05) is 43.3 Å².